The predicted molar refractivity (Wildman–Crippen MR) is 211 cm³/mol. The smallest absolute Gasteiger partial charge is 0.422 e. The number of esters is 1. The SMILES string of the molecule is CC.COc1c(OCC(F)(F)F)ccnc1CSc1nc2ccccc2n1S(=O)(=O)c1c(C)cc(OCC(=O)OCCS(=O)(=O)c2ccc(C)cc2)cc1C(C)C. The Bertz CT molecular complexity index is 2400. The number of aromatic nitrogens is 3. The van der Waals surface area contributed by atoms with E-state index in [1.807, 2.05) is 20.8 Å². The standard InChI is InChI=1S/C37H38F3N3O9S3.C2H6/c1-23(2)28-19-26(51-20-33(44)50-16-17-54(45,46)27-12-10-24(3)11-13-27)18-25(4)35(28)55(47,48)43-31-9-7-6-8-29(31)42-36(43)53-21-30-34(49-5)32(14-15-41-30)52-22-37(38,39)40;1-2/h6-15,18-19,23H,16-17,20-22H2,1-5H3;1-2H3. The lowest BCUT2D eigenvalue weighted by Crippen LogP contribution is -2.21. The van der Waals surface area contributed by atoms with Gasteiger partial charge in [-0.15, -0.1) is 0 Å². The van der Waals surface area contributed by atoms with E-state index in [0.29, 0.717) is 16.6 Å². The summed E-state index contributed by atoms with van der Waals surface area (Å²) in [5, 5.41) is 0.0632. The molecule has 0 spiro atoms. The molecule has 0 bridgehead atoms. The summed E-state index contributed by atoms with van der Waals surface area (Å²) in [6.45, 7) is 8.54. The fraction of sp³-hybridized carbons (Fsp3) is 0.359. The number of imidazole rings is 1. The van der Waals surface area contributed by atoms with Gasteiger partial charge in [0.05, 0.1) is 39.4 Å². The highest BCUT2D eigenvalue weighted by molar-refractivity contribution is 7.99. The molecule has 18 heteroatoms. The number of para-hydroxylation sites is 2. The van der Waals surface area contributed by atoms with Gasteiger partial charge in [0.25, 0.3) is 10.0 Å². The third kappa shape index (κ3) is 11.2. The largest absolute Gasteiger partial charge is 0.491 e. The molecule has 308 valence electrons. The summed E-state index contributed by atoms with van der Waals surface area (Å²) in [6.07, 6.45) is -3.32. The summed E-state index contributed by atoms with van der Waals surface area (Å²) in [5.74, 6) is -1.62. The van der Waals surface area contributed by atoms with Crippen molar-refractivity contribution in [2.24, 2.45) is 0 Å². The zero-order valence-corrected chi connectivity index (χ0v) is 34.9. The Hall–Kier alpha value is -4.81. The summed E-state index contributed by atoms with van der Waals surface area (Å²) in [5.41, 5.74) is 2.47. The Morgan fingerprint density at radius 2 is 1.63 bits per heavy atom. The van der Waals surface area contributed by atoms with E-state index < -0.39 is 51.0 Å². The number of hydrogen-bond acceptors (Lipinski definition) is 12. The zero-order chi connectivity index (χ0) is 42.1. The van der Waals surface area contributed by atoms with Gasteiger partial charge in [0.15, 0.2) is 39.7 Å². The number of pyridine rings is 1. The number of halogens is 3. The number of ether oxygens (including phenoxy) is 4. The highest BCUT2D eigenvalue weighted by atomic mass is 32.2. The highest BCUT2D eigenvalue weighted by Crippen LogP contribution is 2.39. The summed E-state index contributed by atoms with van der Waals surface area (Å²) >= 11 is 0.990. The van der Waals surface area contributed by atoms with Crippen molar-refractivity contribution in [3.8, 4) is 17.2 Å². The Kier molecular flexibility index (Phi) is 15.0. The molecule has 12 nitrogen and oxygen atoms in total. The van der Waals surface area contributed by atoms with Crippen molar-refractivity contribution in [2.45, 2.75) is 74.3 Å². The number of rotatable bonds is 16. The van der Waals surface area contributed by atoms with Crippen LogP contribution < -0.4 is 14.2 Å². The van der Waals surface area contributed by atoms with Gasteiger partial charge in [-0.1, -0.05) is 69.3 Å². The Labute approximate surface area is 334 Å². The molecule has 3 aromatic carbocycles. The minimum absolute atomic E-state index is 0.0120. The number of aryl methyl sites for hydroxylation is 2. The van der Waals surface area contributed by atoms with Crippen LogP contribution in [0.5, 0.6) is 17.2 Å². The fourth-order valence-electron chi connectivity index (χ4n) is 5.54. The molecule has 2 aromatic heterocycles. The minimum atomic E-state index is -4.58. The second-order valence-corrected chi connectivity index (χ2v) is 17.4. The van der Waals surface area contributed by atoms with Crippen LogP contribution in [0.3, 0.4) is 0 Å². The first-order valence-corrected chi connectivity index (χ1v) is 21.8. The van der Waals surface area contributed by atoms with Crippen molar-refractivity contribution >= 4 is 48.6 Å². The van der Waals surface area contributed by atoms with Crippen LogP contribution in [0.1, 0.15) is 56.0 Å². The predicted octanol–water partition coefficient (Wildman–Crippen LogP) is 8.07. The molecule has 0 aliphatic rings. The Morgan fingerprint density at radius 1 is 0.947 bits per heavy atom. The molecule has 5 rings (SSSR count). The molecule has 5 aromatic rings. The van der Waals surface area contributed by atoms with Gasteiger partial charge in [-0.2, -0.15) is 13.2 Å². The van der Waals surface area contributed by atoms with Crippen molar-refractivity contribution in [1.82, 2.24) is 13.9 Å². The molecule has 0 N–H and O–H groups in total. The van der Waals surface area contributed by atoms with Crippen LogP contribution in [0.4, 0.5) is 13.2 Å². The maximum absolute atomic E-state index is 14.7. The molecule has 0 amide bonds. The average Bonchev–Trinajstić information content (AvgIpc) is 3.55. The summed E-state index contributed by atoms with van der Waals surface area (Å²) in [7, 11) is -6.80. The van der Waals surface area contributed by atoms with E-state index in [1.54, 1.807) is 57.2 Å². The van der Waals surface area contributed by atoms with Gasteiger partial charge in [0.1, 0.15) is 12.4 Å². The van der Waals surface area contributed by atoms with Crippen LogP contribution in [0, 0.1) is 13.8 Å². The molecule has 0 aliphatic heterocycles. The number of alkyl halides is 3. The van der Waals surface area contributed by atoms with E-state index in [9.17, 15) is 34.8 Å². The summed E-state index contributed by atoms with van der Waals surface area (Å²) in [4.78, 5) is 21.4. The molecule has 0 saturated carbocycles. The number of hydrogen-bond donors (Lipinski definition) is 0. The van der Waals surface area contributed by atoms with Crippen LogP contribution in [-0.2, 0) is 35.1 Å². The van der Waals surface area contributed by atoms with Crippen molar-refractivity contribution < 1.29 is 53.7 Å². The van der Waals surface area contributed by atoms with Crippen LogP contribution in [0.2, 0.25) is 0 Å². The molecule has 0 aliphatic carbocycles. The normalized spacial score (nSPS) is 11.9. The topological polar surface area (TPSA) is 153 Å². The quantitative estimate of drug-likeness (QED) is 0.0697. The van der Waals surface area contributed by atoms with Gasteiger partial charge >= 0.3 is 12.1 Å². The number of benzene rings is 3. The minimum Gasteiger partial charge on any atom is -0.491 e. The van der Waals surface area contributed by atoms with Gasteiger partial charge in [0, 0.05) is 18.0 Å². The van der Waals surface area contributed by atoms with Crippen molar-refractivity contribution in [3.05, 3.63) is 95.3 Å². The van der Waals surface area contributed by atoms with Gasteiger partial charge in [0.2, 0.25) is 0 Å². The zero-order valence-electron chi connectivity index (χ0n) is 32.4. The lowest BCUT2D eigenvalue weighted by Gasteiger charge is -2.20. The molecular weight excluding hydrogens is 808 g/mol. The van der Waals surface area contributed by atoms with E-state index in [2.05, 4.69) is 9.97 Å². The average molecular weight is 852 g/mol. The third-order valence-electron chi connectivity index (χ3n) is 8.12. The first-order valence-electron chi connectivity index (χ1n) is 17.7. The molecule has 2 heterocycles. The number of methoxy groups -OCH3 is 1. The van der Waals surface area contributed by atoms with Gasteiger partial charge in [-0.25, -0.2) is 30.6 Å². The summed E-state index contributed by atoms with van der Waals surface area (Å²) < 4.78 is 115. The summed E-state index contributed by atoms with van der Waals surface area (Å²) in [6, 6.07) is 17.2. The second-order valence-electron chi connectivity index (χ2n) is 12.6. The van der Waals surface area contributed by atoms with E-state index in [4.69, 9.17) is 18.9 Å². The number of sulfone groups is 1. The highest BCUT2D eigenvalue weighted by Gasteiger charge is 2.32. The fourth-order valence-corrected chi connectivity index (χ4v) is 9.83. The first-order chi connectivity index (χ1) is 26.9. The maximum atomic E-state index is 14.7. The Balaban J connectivity index is 0.00000354. The number of thioether (sulfide) groups is 1. The second kappa shape index (κ2) is 19.1. The molecule has 0 saturated heterocycles. The van der Waals surface area contributed by atoms with Crippen LogP contribution in [-0.4, -0.2) is 75.6 Å². The van der Waals surface area contributed by atoms with E-state index >= 15 is 0 Å². The van der Waals surface area contributed by atoms with Crippen molar-refractivity contribution in [2.75, 3.05) is 32.7 Å². The molecule has 0 radical (unpaired) electrons. The number of carbonyl (C=O) groups excluding carboxylic acids is 1. The van der Waals surface area contributed by atoms with E-state index in [-0.39, 0.29) is 61.7 Å². The molecule has 0 atom stereocenters. The van der Waals surface area contributed by atoms with Crippen LogP contribution in [0.25, 0.3) is 11.0 Å². The maximum Gasteiger partial charge on any atom is 0.422 e. The molecular formula is C39H44F3N3O9S3. The van der Waals surface area contributed by atoms with E-state index in [1.165, 1.54) is 43.6 Å². The third-order valence-corrected chi connectivity index (χ3v) is 12.8. The van der Waals surface area contributed by atoms with Gasteiger partial charge in [-0.3, -0.25) is 4.98 Å². The lowest BCUT2D eigenvalue weighted by atomic mass is 10.0. The first kappa shape index (κ1) is 44.9. The van der Waals surface area contributed by atoms with Crippen molar-refractivity contribution in [3.63, 3.8) is 0 Å². The molecule has 0 unspecified atom stereocenters. The molecule has 0 fully saturated rings. The van der Waals surface area contributed by atoms with E-state index in [0.717, 1.165) is 21.3 Å². The van der Waals surface area contributed by atoms with Gasteiger partial charge < -0.3 is 18.9 Å². The molecule has 57 heavy (non-hydrogen) atoms. The number of fused-ring (bicyclic) bond motifs is 1. The van der Waals surface area contributed by atoms with Crippen molar-refractivity contribution in [1.29, 1.82) is 0 Å². The van der Waals surface area contributed by atoms with Crippen LogP contribution in [0.15, 0.2) is 87.9 Å². The lowest BCUT2D eigenvalue weighted by molar-refractivity contribution is -0.153. The van der Waals surface area contributed by atoms with Gasteiger partial charge in [-0.05, 0) is 67.3 Å². The number of nitrogens with zero attached hydrogens (tertiary/aromatic N) is 3. The monoisotopic (exact) mass is 851 g/mol. The number of carbonyl (C=O) groups is 1. The Morgan fingerprint density at radius 3 is 2.28 bits per heavy atom. The van der Waals surface area contributed by atoms with Crippen LogP contribution >= 0.6 is 11.8 Å².